The van der Waals surface area contributed by atoms with Gasteiger partial charge in [0.15, 0.2) is 0 Å². The Hall–Kier alpha value is -1.36. The first kappa shape index (κ1) is 16.1. The predicted molar refractivity (Wildman–Crippen MR) is 93.4 cm³/mol. The second-order valence-corrected chi connectivity index (χ2v) is 7.95. The molecule has 5 heteroatoms. The molecule has 0 bridgehead atoms. The largest absolute Gasteiger partial charge is 0.348 e. The Morgan fingerprint density at radius 1 is 1.25 bits per heavy atom. The third kappa shape index (κ3) is 3.51. The van der Waals surface area contributed by atoms with Crippen molar-refractivity contribution < 1.29 is 4.79 Å². The molecule has 0 radical (unpaired) electrons. The zero-order valence-electron chi connectivity index (χ0n) is 14.7. The van der Waals surface area contributed by atoms with Crippen LogP contribution in [0.3, 0.4) is 0 Å². The van der Waals surface area contributed by atoms with Crippen molar-refractivity contribution in [2.75, 3.05) is 0 Å². The summed E-state index contributed by atoms with van der Waals surface area (Å²) in [6, 6.07) is 1.01. The molecule has 132 valence electrons. The van der Waals surface area contributed by atoms with Crippen molar-refractivity contribution in [2.45, 2.75) is 83.0 Å². The molecule has 1 aromatic heterocycles. The van der Waals surface area contributed by atoms with E-state index in [1.807, 2.05) is 10.9 Å². The minimum absolute atomic E-state index is 0.0628. The van der Waals surface area contributed by atoms with Crippen LogP contribution in [0.2, 0.25) is 0 Å². The molecular weight excluding hydrogens is 300 g/mol. The molecular formula is C19H30N4O. The number of rotatable bonds is 5. The Kier molecular flexibility index (Phi) is 4.61. The molecule has 5 nitrogen and oxygen atoms in total. The summed E-state index contributed by atoms with van der Waals surface area (Å²) in [7, 11) is 0. The van der Waals surface area contributed by atoms with E-state index < -0.39 is 0 Å². The molecule has 0 aromatic carbocycles. The highest BCUT2D eigenvalue weighted by Gasteiger charge is 2.37. The number of amides is 1. The van der Waals surface area contributed by atoms with E-state index in [1.165, 1.54) is 38.5 Å². The van der Waals surface area contributed by atoms with Crippen molar-refractivity contribution in [2.24, 2.45) is 11.8 Å². The lowest BCUT2D eigenvalue weighted by atomic mass is 9.81. The van der Waals surface area contributed by atoms with E-state index in [4.69, 9.17) is 0 Å². The fraction of sp³-hybridized carbons (Fsp3) is 0.789. The number of nitrogens with one attached hydrogen (secondary N) is 2. The first-order chi connectivity index (χ1) is 11.7. The van der Waals surface area contributed by atoms with E-state index in [2.05, 4.69) is 28.9 Å². The van der Waals surface area contributed by atoms with Crippen LogP contribution in [0.4, 0.5) is 0 Å². The summed E-state index contributed by atoms with van der Waals surface area (Å²) in [6.07, 6.45) is 13.9. The van der Waals surface area contributed by atoms with Gasteiger partial charge in [-0.2, -0.15) is 5.10 Å². The van der Waals surface area contributed by atoms with E-state index in [0.717, 1.165) is 30.4 Å². The molecule has 3 aliphatic rings. The van der Waals surface area contributed by atoms with Crippen molar-refractivity contribution in [1.82, 2.24) is 20.4 Å². The lowest BCUT2D eigenvalue weighted by molar-refractivity contribution is -0.124. The molecule has 4 rings (SSSR count). The fourth-order valence-corrected chi connectivity index (χ4v) is 4.69. The molecule has 1 amide bonds. The van der Waals surface area contributed by atoms with Crippen LogP contribution in [0, 0.1) is 11.8 Å². The molecule has 2 aliphatic carbocycles. The summed E-state index contributed by atoms with van der Waals surface area (Å²) in [5, 5.41) is 11.5. The molecule has 2 saturated carbocycles. The van der Waals surface area contributed by atoms with Gasteiger partial charge in [-0.25, -0.2) is 0 Å². The minimum Gasteiger partial charge on any atom is -0.348 e. The van der Waals surface area contributed by atoms with Gasteiger partial charge in [0.25, 0.3) is 0 Å². The zero-order valence-corrected chi connectivity index (χ0v) is 14.7. The fourth-order valence-electron chi connectivity index (χ4n) is 4.69. The quantitative estimate of drug-likeness (QED) is 0.873. The van der Waals surface area contributed by atoms with Gasteiger partial charge in [-0.3, -0.25) is 9.48 Å². The van der Waals surface area contributed by atoms with Gasteiger partial charge in [-0.1, -0.05) is 12.8 Å². The van der Waals surface area contributed by atoms with Gasteiger partial charge < -0.3 is 10.6 Å². The number of nitrogens with zero attached hydrogens (tertiary/aromatic N) is 2. The predicted octanol–water partition coefficient (Wildman–Crippen LogP) is 2.78. The van der Waals surface area contributed by atoms with Gasteiger partial charge in [0, 0.05) is 36.8 Å². The Morgan fingerprint density at radius 3 is 2.88 bits per heavy atom. The molecule has 2 N–H and O–H groups in total. The van der Waals surface area contributed by atoms with E-state index in [1.54, 1.807) is 0 Å². The summed E-state index contributed by atoms with van der Waals surface area (Å²) in [5.74, 6) is 2.12. The van der Waals surface area contributed by atoms with Crippen LogP contribution in [0.25, 0.3) is 0 Å². The molecule has 24 heavy (non-hydrogen) atoms. The van der Waals surface area contributed by atoms with Gasteiger partial charge in [-0.15, -0.1) is 0 Å². The Balaban J connectivity index is 1.43. The molecule has 0 spiro atoms. The first-order valence-electron chi connectivity index (χ1n) is 9.80. The highest BCUT2D eigenvalue weighted by atomic mass is 16.1. The number of carbonyl (C=O) groups is 1. The van der Waals surface area contributed by atoms with Gasteiger partial charge in [-0.05, 0) is 50.9 Å². The van der Waals surface area contributed by atoms with Gasteiger partial charge in [0.2, 0.25) is 5.91 Å². The van der Waals surface area contributed by atoms with Crippen molar-refractivity contribution in [3.05, 3.63) is 18.0 Å². The third-order valence-corrected chi connectivity index (χ3v) is 6.19. The number of carbonyl (C=O) groups excluding carboxylic acids is 1. The monoisotopic (exact) mass is 330 g/mol. The van der Waals surface area contributed by atoms with Crippen LogP contribution >= 0.6 is 0 Å². The SMILES string of the molecule is CCn1cc([C@@H]2NC(=O)CC[C@H]2N[C@@H]2CCC[C@H](C3CC3)C2)cn1. The number of aryl methyl sites for hydroxylation is 1. The van der Waals surface area contributed by atoms with Crippen molar-refractivity contribution in [3.63, 3.8) is 0 Å². The number of hydrogen-bond acceptors (Lipinski definition) is 3. The molecule has 1 aromatic rings. The maximum atomic E-state index is 11.9. The average molecular weight is 330 g/mol. The Bertz CT molecular complexity index is 580. The van der Waals surface area contributed by atoms with Crippen LogP contribution in [0.15, 0.2) is 12.4 Å². The van der Waals surface area contributed by atoms with Gasteiger partial charge in [0.1, 0.15) is 0 Å². The lowest BCUT2D eigenvalue weighted by Gasteiger charge is -2.38. The topological polar surface area (TPSA) is 59.0 Å². The number of hydrogen-bond donors (Lipinski definition) is 2. The van der Waals surface area contributed by atoms with E-state index in [0.29, 0.717) is 18.5 Å². The second-order valence-electron chi connectivity index (χ2n) is 7.95. The van der Waals surface area contributed by atoms with Crippen LogP contribution in [-0.4, -0.2) is 27.8 Å². The van der Waals surface area contributed by atoms with E-state index in [9.17, 15) is 4.79 Å². The standard InChI is InChI=1S/C19H30N4O/c1-2-23-12-15(11-20-23)19-17(8-9-18(24)22-19)21-16-5-3-4-14(10-16)13-6-7-13/h11-14,16-17,19,21H,2-10H2,1H3,(H,22,24)/t14-,16+,17+,19-/m0/s1. The molecule has 0 unspecified atom stereocenters. The summed E-state index contributed by atoms with van der Waals surface area (Å²) in [5.41, 5.74) is 1.14. The zero-order chi connectivity index (χ0) is 16.5. The van der Waals surface area contributed by atoms with Crippen LogP contribution in [0.5, 0.6) is 0 Å². The minimum atomic E-state index is 0.0628. The summed E-state index contributed by atoms with van der Waals surface area (Å²) < 4.78 is 1.94. The van der Waals surface area contributed by atoms with Crippen molar-refractivity contribution in [3.8, 4) is 0 Å². The maximum absolute atomic E-state index is 11.9. The van der Waals surface area contributed by atoms with Gasteiger partial charge >= 0.3 is 0 Å². The third-order valence-electron chi connectivity index (χ3n) is 6.19. The Labute approximate surface area is 144 Å². The van der Waals surface area contributed by atoms with E-state index >= 15 is 0 Å². The number of piperidine rings is 1. The Morgan fingerprint density at radius 2 is 2.12 bits per heavy atom. The number of aromatic nitrogens is 2. The van der Waals surface area contributed by atoms with Crippen molar-refractivity contribution >= 4 is 5.91 Å². The summed E-state index contributed by atoms with van der Waals surface area (Å²) in [4.78, 5) is 11.9. The molecule has 4 atom stereocenters. The molecule has 2 heterocycles. The summed E-state index contributed by atoms with van der Waals surface area (Å²) >= 11 is 0. The highest BCUT2D eigenvalue weighted by Crippen LogP contribution is 2.44. The average Bonchev–Trinajstić information content (AvgIpc) is 3.34. The lowest BCUT2D eigenvalue weighted by Crippen LogP contribution is -2.52. The first-order valence-corrected chi connectivity index (χ1v) is 9.80. The van der Waals surface area contributed by atoms with Gasteiger partial charge in [0.05, 0.1) is 12.2 Å². The van der Waals surface area contributed by atoms with Crippen LogP contribution < -0.4 is 10.6 Å². The highest BCUT2D eigenvalue weighted by molar-refractivity contribution is 5.77. The second kappa shape index (κ2) is 6.87. The van der Waals surface area contributed by atoms with Crippen molar-refractivity contribution in [1.29, 1.82) is 0 Å². The molecule has 1 aliphatic heterocycles. The molecule has 3 fully saturated rings. The smallest absolute Gasteiger partial charge is 0.220 e. The van der Waals surface area contributed by atoms with E-state index in [-0.39, 0.29) is 11.9 Å². The van der Waals surface area contributed by atoms with Crippen LogP contribution in [-0.2, 0) is 11.3 Å². The molecule has 1 saturated heterocycles. The normalized spacial score (nSPS) is 34.1. The van der Waals surface area contributed by atoms with Crippen LogP contribution in [0.1, 0.15) is 69.9 Å². The summed E-state index contributed by atoms with van der Waals surface area (Å²) in [6.45, 7) is 2.95. The maximum Gasteiger partial charge on any atom is 0.220 e.